The second-order valence-electron chi connectivity index (χ2n) is 5.68. The summed E-state index contributed by atoms with van der Waals surface area (Å²) in [5.41, 5.74) is 1.30. The molecule has 128 valence electrons. The lowest BCUT2D eigenvalue weighted by atomic mass is 10.3. The number of amides is 1. The van der Waals surface area contributed by atoms with Gasteiger partial charge in [0.25, 0.3) is 5.91 Å². The van der Waals surface area contributed by atoms with Gasteiger partial charge in [0.15, 0.2) is 11.7 Å². The molecule has 0 aliphatic carbocycles. The third kappa shape index (κ3) is 3.62. The number of hydrogen-bond acceptors (Lipinski definition) is 4. The van der Waals surface area contributed by atoms with E-state index in [4.69, 9.17) is 4.42 Å². The number of guanidine groups is 1. The Hall–Kier alpha value is -2.28. The lowest BCUT2D eigenvalue weighted by Crippen LogP contribution is -2.53. The van der Waals surface area contributed by atoms with Gasteiger partial charge < -0.3 is 19.5 Å². The van der Waals surface area contributed by atoms with Crippen molar-refractivity contribution in [2.45, 2.75) is 13.5 Å². The van der Waals surface area contributed by atoms with E-state index in [0.717, 1.165) is 25.6 Å². The highest BCUT2D eigenvalue weighted by molar-refractivity contribution is 7.10. The van der Waals surface area contributed by atoms with E-state index in [1.54, 1.807) is 30.5 Å². The average Bonchev–Trinajstić information content (AvgIpc) is 3.27. The Morgan fingerprint density at radius 3 is 2.62 bits per heavy atom. The fraction of sp³-hybridized carbons (Fsp3) is 0.412. The zero-order valence-corrected chi connectivity index (χ0v) is 14.8. The van der Waals surface area contributed by atoms with Gasteiger partial charge in [0.2, 0.25) is 0 Å². The van der Waals surface area contributed by atoms with Crippen LogP contribution in [0.4, 0.5) is 0 Å². The first-order valence-corrected chi connectivity index (χ1v) is 8.88. The fourth-order valence-electron chi connectivity index (χ4n) is 2.75. The molecule has 0 saturated carbocycles. The highest BCUT2D eigenvalue weighted by atomic mass is 32.1. The Morgan fingerprint density at radius 1 is 1.29 bits per heavy atom. The van der Waals surface area contributed by atoms with Crippen LogP contribution in [-0.4, -0.2) is 54.9 Å². The van der Waals surface area contributed by atoms with E-state index in [-0.39, 0.29) is 5.91 Å². The first-order valence-electron chi connectivity index (χ1n) is 8.00. The van der Waals surface area contributed by atoms with Crippen molar-refractivity contribution in [3.05, 3.63) is 46.0 Å². The van der Waals surface area contributed by atoms with Gasteiger partial charge in [-0.15, -0.1) is 11.3 Å². The van der Waals surface area contributed by atoms with Gasteiger partial charge in [0.05, 0.1) is 12.8 Å². The maximum absolute atomic E-state index is 12.3. The number of carbonyl (C=O) groups is 1. The van der Waals surface area contributed by atoms with Gasteiger partial charge in [-0.25, -0.2) is 0 Å². The first-order chi connectivity index (χ1) is 11.7. The minimum absolute atomic E-state index is 0.0446. The molecule has 0 unspecified atom stereocenters. The van der Waals surface area contributed by atoms with Crippen LogP contribution in [0.25, 0.3) is 0 Å². The van der Waals surface area contributed by atoms with Crippen molar-refractivity contribution in [1.29, 1.82) is 0 Å². The van der Waals surface area contributed by atoms with Crippen molar-refractivity contribution in [2.75, 3.05) is 33.2 Å². The number of rotatable bonds is 3. The summed E-state index contributed by atoms with van der Waals surface area (Å²) in [6, 6.07) is 5.57. The molecule has 0 radical (unpaired) electrons. The van der Waals surface area contributed by atoms with Gasteiger partial charge in [-0.2, -0.15) is 0 Å². The maximum Gasteiger partial charge on any atom is 0.289 e. The molecule has 1 aliphatic rings. The van der Waals surface area contributed by atoms with E-state index in [1.165, 1.54) is 16.7 Å². The summed E-state index contributed by atoms with van der Waals surface area (Å²) in [5.74, 6) is 1.24. The zero-order chi connectivity index (χ0) is 16.9. The van der Waals surface area contributed by atoms with Crippen LogP contribution < -0.4 is 5.32 Å². The van der Waals surface area contributed by atoms with Gasteiger partial charge in [-0.3, -0.25) is 9.79 Å². The van der Waals surface area contributed by atoms with Crippen molar-refractivity contribution in [3.8, 4) is 0 Å². The number of aliphatic imine (C=N–C) groups is 1. The summed E-state index contributed by atoms with van der Waals surface area (Å²) in [4.78, 5) is 22.0. The summed E-state index contributed by atoms with van der Waals surface area (Å²) in [6.07, 6.45) is 1.53. The monoisotopic (exact) mass is 346 g/mol. The molecule has 3 rings (SSSR count). The second kappa shape index (κ2) is 7.53. The standard InChI is InChI=1S/C17H22N4O2S/c1-13-5-11-24-15(13)12-19-17(18-2)21-8-6-20(7-9-21)16(22)14-4-3-10-23-14/h3-5,10-11H,6-9,12H2,1-2H3,(H,18,19). The minimum atomic E-state index is -0.0446. The largest absolute Gasteiger partial charge is 0.459 e. The number of carbonyl (C=O) groups excluding carboxylic acids is 1. The Morgan fingerprint density at radius 2 is 2.04 bits per heavy atom. The molecule has 0 bridgehead atoms. The molecule has 0 spiro atoms. The third-order valence-corrected chi connectivity index (χ3v) is 5.21. The lowest BCUT2D eigenvalue weighted by Gasteiger charge is -2.36. The van der Waals surface area contributed by atoms with Crippen LogP contribution in [0.15, 0.2) is 39.3 Å². The number of furan rings is 1. The minimum Gasteiger partial charge on any atom is -0.459 e. The van der Waals surface area contributed by atoms with E-state index >= 15 is 0 Å². The van der Waals surface area contributed by atoms with Crippen LogP contribution in [0.3, 0.4) is 0 Å². The van der Waals surface area contributed by atoms with Crippen molar-refractivity contribution in [3.63, 3.8) is 0 Å². The average molecular weight is 346 g/mol. The van der Waals surface area contributed by atoms with Crippen molar-refractivity contribution in [1.82, 2.24) is 15.1 Å². The van der Waals surface area contributed by atoms with Crippen molar-refractivity contribution >= 4 is 23.2 Å². The molecule has 6 nitrogen and oxygen atoms in total. The molecule has 0 atom stereocenters. The fourth-order valence-corrected chi connectivity index (χ4v) is 3.60. The van der Waals surface area contributed by atoms with Crippen LogP contribution >= 0.6 is 11.3 Å². The van der Waals surface area contributed by atoms with Gasteiger partial charge in [0.1, 0.15) is 0 Å². The SMILES string of the molecule is CN=C(NCc1sccc1C)N1CCN(C(=O)c2ccco2)CC1. The second-order valence-corrected chi connectivity index (χ2v) is 6.68. The molecule has 1 amide bonds. The van der Waals surface area contributed by atoms with Crippen LogP contribution in [0.2, 0.25) is 0 Å². The first kappa shape index (κ1) is 16.6. The molecule has 1 N–H and O–H groups in total. The Kier molecular flexibility index (Phi) is 5.20. The molecule has 24 heavy (non-hydrogen) atoms. The Labute approximate surface area is 145 Å². The van der Waals surface area contributed by atoms with Crippen molar-refractivity contribution < 1.29 is 9.21 Å². The highest BCUT2D eigenvalue weighted by Crippen LogP contribution is 2.15. The topological polar surface area (TPSA) is 61.1 Å². The predicted molar refractivity (Wildman–Crippen MR) is 95.4 cm³/mol. The maximum atomic E-state index is 12.3. The number of nitrogens with one attached hydrogen (secondary N) is 1. The zero-order valence-electron chi connectivity index (χ0n) is 14.0. The Balaban J connectivity index is 1.53. The van der Waals surface area contributed by atoms with E-state index in [0.29, 0.717) is 18.8 Å². The predicted octanol–water partition coefficient (Wildman–Crippen LogP) is 2.18. The number of nitrogens with zero attached hydrogens (tertiary/aromatic N) is 3. The highest BCUT2D eigenvalue weighted by Gasteiger charge is 2.25. The smallest absolute Gasteiger partial charge is 0.289 e. The Bertz CT molecular complexity index is 700. The molecule has 1 aliphatic heterocycles. The van der Waals surface area contributed by atoms with Crippen LogP contribution in [0, 0.1) is 6.92 Å². The van der Waals surface area contributed by atoms with E-state index in [1.807, 2.05) is 4.90 Å². The number of hydrogen-bond donors (Lipinski definition) is 1. The molecule has 1 saturated heterocycles. The van der Waals surface area contributed by atoms with Crippen LogP contribution in [0.1, 0.15) is 21.0 Å². The van der Waals surface area contributed by atoms with Gasteiger partial charge in [-0.05, 0) is 36.1 Å². The van der Waals surface area contributed by atoms with E-state index in [2.05, 4.69) is 33.6 Å². The van der Waals surface area contributed by atoms with Gasteiger partial charge in [-0.1, -0.05) is 0 Å². The number of thiophene rings is 1. The van der Waals surface area contributed by atoms with Gasteiger partial charge in [0, 0.05) is 38.1 Å². The normalized spacial score (nSPS) is 15.7. The molecular weight excluding hydrogens is 324 g/mol. The van der Waals surface area contributed by atoms with E-state index < -0.39 is 0 Å². The quantitative estimate of drug-likeness (QED) is 0.684. The summed E-state index contributed by atoms with van der Waals surface area (Å²) in [5, 5.41) is 5.52. The number of aryl methyl sites for hydroxylation is 1. The molecular formula is C17H22N4O2S. The van der Waals surface area contributed by atoms with Gasteiger partial charge >= 0.3 is 0 Å². The summed E-state index contributed by atoms with van der Waals surface area (Å²) in [7, 11) is 1.80. The molecule has 0 aromatic carbocycles. The molecule has 7 heteroatoms. The molecule has 3 heterocycles. The summed E-state index contributed by atoms with van der Waals surface area (Å²) >= 11 is 1.75. The lowest BCUT2D eigenvalue weighted by molar-refractivity contribution is 0.0657. The number of piperazine rings is 1. The molecule has 1 fully saturated rings. The van der Waals surface area contributed by atoms with Crippen LogP contribution in [0.5, 0.6) is 0 Å². The summed E-state index contributed by atoms with van der Waals surface area (Å²) < 4.78 is 5.20. The molecule has 2 aromatic rings. The molecule has 2 aromatic heterocycles. The van der Waals surface area contributed by atoms with E-state index in [9.17, 15) is 4.79 Å². The van der Waals surface area contributed by atoms with Crippen LogP contribution in [-0.2, 0) is 6.54 Å². The van der Waals surface area contributed by atoms with Crippen molar-refractivity contribution in [2.24, 2.45) is 4.99 Å². The summed E-state index contributed by atoms with van der Waals surface area (Å²) in [6.45, 7) is 5.75. The third-order valence-electron chi connectivity index (χ3n) is 4.19.